The first kappa shape index (κ1) is 22.8. The third-order valence-electron chi connectivity index (χ3n) is 6.74. The summed E-state index contributed by atoms with van der Waals surface area (Å²) in [7, 11) is 3.06. The highest BCUT2D eigenvalue weighted by molar-refractivity contribution is 6.05. The Morgan fingerprint density at radius 2 is 1.91 bits per heavy atom. The van der Waals surface area contributed by atoms with Gasteiger partial charge in [0.1, 0.15) is 6.04 Å². The molecule has 2 aliphatic rings. The summed E-state index contributed by atoms with van der Waals surface area (Å²) in [5.74, 6) is 0.378. The van der Waals surface area contributed by atoms with E-state index < -0.39 is 18.0 Å². The monoisotopic (exact) mass is 476 g/mol. The molecule has 3 aromatic rings. The fraction of sp³-hybridized carbons (Fsp3) is 0.346. The van der Waals surface area contributed by atoms with Crippen LogP contribution in [0.25, 0.3) is 10.9 Å². The van der Waals surface area contributed by atoms with Crippen LogP contribution in [-0.2, 0) is 22.6 Å². The van der Waals surface area contributed by atoms with E-state index >= 15 is 0 Å². The number of hydrogen-bond donors (Lipinski definition) is 3. The molecule has 0 radical (unpaired) electrons. The fourth-order valence-corrected chi connectivity index (χ4v) is 5.02. The average molecular weight is 477 g/mol. The third kappa shape index (κ3) is 4.29. The number of nitrogens with zero attached hydrogens (tertiary/aromatic N) is 1. The largest absolute Gasteiger partial charge is 0.493 e. The highest BCUT2D eigenvalue weighted by Gasteiger charge is 2.39. The van der Waals surface area contributed by atoms with E-state index in [1.165, 1.54) is 25.2 Å². The fourth-order valence-electron chi connectivity index (χ4n) is 5.02. The molecule has 1 aromatic heterocycles. The molecule has 0 bridgehead atoms. The van der Waals surface area contributed by atoms with Crippen molar-refractivity contribution in [3.05, 3.63) is 59.3 Å². The van der Waals surface area contributed by atoms with Gasteiger partial charge in [0, 0.05) is 16.6 Å². The number of para-hydroxylation sites is 1. The number of nitrogens with one attached hydrogen (secondary N) is 3. The van der Waals surface area contributed by atoms with Crippen LogP contribution in [0.1, 0.15) is 42.1 Å². The van der Waals surface area contributed by atoms with Crippen molar-refractivity contribution in [2.24, 2.45) is 0 Å². The first-order valence-electron chi connectivity index (χ1n) is 11.7. The standard InChI is InChI=1S/C26H28N4O5/c1-34-21-11-10-15(12-22(21)35-2)14-30-25(32)20(29-26(30)33)13-23(31)27-19-9-5-7-17-16-6-3-4-8-18(16)28-24(17)19/h3-4,6,8,10-12,19-20,28H,5,7,9,13-14H2,1-2H3,(H,27,31)(H,29,33)/t19?,20-/m0/s1. The first-order valence-corrected chi connectivity index (χ1v) is 11.7. The number of methoxy groups -OCH3 is 2. The smallest absolute Gasteiger partial charge is 0.325 e. The van der Waals surface area contributed by atoms with Gasteiger partial charge in [0.05, 0.1) is 33.2 Å². The second-order valence-electron chi connectivity index (χ2n) is 8.90. The molecule has 4 amide bonds. The number of H-pyrrole nitrogens is 1. The summed E-state index contributed by atoms with van der Waals surface area (Å²) in [6.45, 7) is 0.0736. The molecule has 0 spiro atoms. The minimum atomic E-state index is -0.895. The number of carbonyl (C=O) groups is 3. The Hall–Kier alpha value is -4.01. The first-order chi connectivity index (χ1) is 17.0. The molecule has 2 atom stereocenters. The van der Waals surface area contributed by atoms with Gasteiger partial charge in [-0.25, -0.2) is 4.79 Å². The lowest BCUT2D eigenvalue weighted by Crippen LogP contribution is -2.38. The maximum atomic E-state index is 12.9. The minimum absolute atomic E-state index is 0.0736. The molecule has 1 unspecified atom stereocenters. The van der Waals surface area contributed by atoms with Crippen molar-refractivity contribution in [1.82, 2.24) is 20.5 Å². The molecule has 9 heteroatoms. The number of rotatable bonds is 7. The third-order valence-corrected chi connectivity index (χ3v) is 6.74. The summed E-state index contributed by atoms with van der Waals surface area (Å²) >= 11 is 0. The Kier molecular flexibility index (Phi) is 6.07. The molecule has 2 aromatic carbocycles. The Bertz CT molecular complexity index is 1300. The summed E-state index contributed by atoms with van der Waals surface area (Å²) in [6.07, 6.45) is 2.65. The lowest BCUT2D eigenvalue weighted by molar-refractivity contribution is -0.131. The van der Waals surface area contributed by atoms with Crippen LogP contribution in [0, 0.1) is 0 Å². The van der Waals surface area contributed by atoms with Crippen LogP contribution in [0.3, 0.4) is 0 Å². The van der Waals surface area contributed by atoms with Gasteiger partial charge >= 0.3 is 6.03 Å². The lowest BCUT2D eigenvalue weighted by Gasteiger charge is -2.24. The van der Waals surface area contributed by atoms with E-state index in [0.717, 1.165) is 35.4 Å². The van der Waals surface area contributed by atoms with E-state index in [9.17, 15) is 14.4 Å². The van der Waals surface area contributed by atoms with E-state index in [-0.39, 0.29) is 24.9 Å². The minimum Gasteiger partial charge on any atom is -0.493 e. The zero-order valence-electron chi connectivity index (χ0n) is 19.7. The maximum Gasteiger partial charge on any atom is 0.325 e. The molecule has 2 heterocycles. The summed E-state index contributed by atoms with van der Waals surface area (Å²) in [5.41, 5.74) is 4.04. The zero-order chi connectivity index (χ0) is 24.5. The number of urea groups is 1. The quantitative estimate of drug-likeness (QED) is 0.454. The second-order valence-corrected chi connectivity index (χ2v) is 8.90. The van der Waals surface area contributed by atoms with Gasteiger partial charge < -0.3 is 25.1 Å². The highest BCUT2D eigenvalue weighted by atomic mass is 16.5. The number of benzene rings is 2. The van der Waals surface area contributed by atoms with Gasteiger partial charge in [0.15, 0.2) is 11.5 Å². The van der Waals surface area contributed by atoms with Crippen molar-refractivity contribution in [2.45, 2.75) is 44.3 Å². The van der Waals surface area contributed by atoms with Gasteiger partial charge in [-0.15, -0.1) is 0 Å². The van der Waals surface area contributed by atoms with Crippen molar-refractivity contribution >= 4 is 28.7 Å². The van der Waals surface area contributed by atoms with Crippen LogP contribution < -0.4 is 20.1 Å². The van der Waals surface area contributed by atoms with Crippen molar-refractivity contribution in [3.8, 4) is 11.5 Å². The molecule has 1 saturated heterocycles. The number of aromatic amines is 1. The second kappa shape index (κ2) is 9.32. The average Bonchev–Trinajstić information content (AvgIpc) is 3.37. The number of aromatic nitrogens is 1. The van der Waals surface area contributed by atoms with Crippen LogP contribution in [0.4, 0.5) is 4.79 Å². The number of amides is 4. The molecule has 3 N–H and O–H groups in total. The number of carbonyl (C=O) groups excluding carboxylic acids is 3. The number of aryl methyl sites for hydroxylation is 1. The lowest BCUT2D eigenvalue weighted by atomic mass is 9.91. The van der Waals surface area contributed by atoms with Gasteiger partial charge in [-0.2, -0.15) is 0 Å². The number of ether oxygens (including phenoxy) is 2. The van der Waals surface area contributed by atoms with Crippen molar-refractivity contribution in [3.63, 3.8) is 0 Å². The highest BCUT2D eigenvalue weighted by Crippen LogP contribution is 2.35. The van der Waals surface area contributed by atoms with E-state index in [4.69, 9.17) is 9.47 Å². The molecular formula is C26H28N4O5. The Morgan fingerprint density at radius 1 is 1.11 bits per heavy atom. The Labute approximate surface area is 202 Å². The van der Waals surface area contributed by atoms with E-state index in [1.54, 1.807) is 18.2 Å². The van der Waals surface area contributed by atoms with Crippen molar-refractivity contribution < 1.29 is 23.9 Å². The van der Waals surface area contributed by atoms with E-state index in [1.807, 2.05) is 18.2 Å². The van der Waals surface area contributed by atoms with E-state index in [2.05, 4.69) is 21.7 Å². The number of imide groups is 1. The number of hydrogen-bond acceptors (Lipinski definition) is 5. The summed E-state index contributed by atoms with van der Waals surface area (Å²) in [5, 5.41) is 6.90. The van der Waals surface area contributed by atoms with Gasteiger partial charge in [-0.1, -0.05) is 24.3 Å². The van der Waals surface area contributed by atoms with E-state index in [0.29, 0.717) is 17.1 Å². The molecule has 0 saturated carbocycles. The molecule has 9 nitrogen and oxygen atoms in total. The van der Waals surface area contributed by atoms with Crippen LogP contribution in [-0.4, -0.2) is 48.0 Å². The van der Waals surface area contributed by atoms with Crippen LogP contribution in [0.5, 0.6) is 11.5 Å². The molecule has 1 aliphatic heterocycles. The molecule has 5 rings (SSSR count). The SMILES string of the molecule is COc1ccc(CN2C(=O)N[C@@H](CC(=O)NC3CCCc4c3[nH]c3ccccc43)C2=O)cc1OC. The zero-order valence-corrected chi connectivity index (χ0v) is 19.7. The van der Waals surface area contributed by atoms with Gasteiger partial charge in [0.2, 0.25) is 5.91 Å². The normalized spacial score (nSPS) is 19.4. The van der Waals surface area contributed by atoms with Crippen molar-refractivity contribution in [1.29, 1.82) is 0 Å². The van der Waals surface area contributed by atoms with Gasteiger partial charge in [0.25, 0.3) is 5.91 Å². The Balaban J connectivity index is 1.24. The summed E-state index contributed by atoms with van der Waals surface area (Å²) in [4.78, 5) is 42.9. The summed E-state index contributed by atoms with van der Waals surface area (Å²) in [6, 6.07) is 11.8. The number of fused-ring (bicyclic) bond motifs is 3. The van der Waals surface area contributed by atoms with Gasteiger partial charge in [-0.3, -0.25) is 14.5 Å². The topological polar surface area (TPSA) is 113 Å². The predicted octanol–water partition coefficient (Wildman–Crippen LogP) is 3.19. The summed E-state index contributed by atoms with van der Waals surface area (Å²) < 4.78 is 10.5. The van der Waals surface area contributed by atoms with Crippen molar-refractivity contribution in [2.75, 3.05) is 14.2 Å². The molecule has 1 fully saturated rings. The molecular weight excluding hydrogens is 448 g/mol. The van der Waals surface area contributed by atoms with Crippen LogP contribution in [0.15, 0.2) is 42.5 Å². The van der Waals surface area contributed by atoms with Gasteiger partial charge in [-0.05, 0) is 48.6 Å². The molecule has 182 valence electrons. The predicted molar refractivity (Wildman–Crippen MR) is 129 cm³/mol. The maximum absolute atomic E-state index is 12.9. The molecule has 1 aliphatic carbocycles. The molecule has 35 heavy (non-hydrogen) atoms. The van der Waals surface area contributed by atoms with Crippen LogP contribution >= 0.6 is 0 Å². The Morgan fingerprint density at radius 3 is 2.71 bits per heavy atom. The van der Waals surface area contributed by atoms with Crippen LogP contribution in [0.2, 0.25) is 0 Å².